The van der Waals surface area contributed by atoms with Crippen LogP contribution in [-0.2, 0) is 5.12 Å². The predicted octanol–water partition coefficient (Wildman–Crippen LogP) is 0.546. The summed E-state index contributed by atoms with van der Waals surface area (Å²) >= 11 is 5.84. The molecular formula is C5H4ClN5O. The third kappa shape index (κ3) is 0.884. The van der Waals surface area contributed by atoms with Crippen molar-refractivity contribution >= 4 is 17.9 Å². The fourth-order valence-corrected chi connectivity index (χ4v) is 1.12. The molecule has 1 aliphatic heterocycles. The normalized spacial score (nSPS) is 26.8. The highest BCUT2D eigenvalue weighted by molar-refractivity contribution is 6.24. The number of aromatic nitrogens is 2. The minimum atomic E-state index is -1.37. The van der Waals surface area contributed by atoms with Gasteiger partial charge in [-0.1, -0.05) is 11.6 Å². The van der Waals surface area contributed by atoms with Crippen LogP contribution in [0.1, 0.15) is 5.56 Å². The second kappa shape index (κ2) is 2.28. The zero-order valence-electron chi connectivity index (χ0n) is 5.78. The summed E-state index contributed by atoms with van der Waals surface area (Å²) in [7, 11) is 0. The maximum atomic E-state index is 11.1. The highest BCUT2D eigenvalue weighted by Crippen LogP contribution is 2.32. The van der Waals surface area contributed by atoms with Gasteiger partial charge in [-0.15, -0.1) is 10.2 Å². The Hall–Kier alpha value is -1.43. The topological polar surface area (TPSA) is 85.7 Å². The lowest BCUT2D eigenvalue weighted by Gasteiger charge is -2.07. The standard InChI is InChI=1S/C5H4ClN5O/c6-5(7-2-9-11-5)3-1-8-10-4(3)12/h1-2H,(H2,8,10,12). The van der Waals surface area contributed by atoms with E-state index >= 15 is 0 Å². The van der Waals surface area contributed by atoms with Crippen molar-refractivity contribution < 1.29 is 0 Å². The van der Waals surface area contributed by atoms with Crippen LogP contribution in [0, 0.1) is 0 Å². The van der Waals surface area contributed by atoms with Gasteiger partial charge in [-0.05, 0) is 0 Å². The molecule has 0 saturated carbocycles. The van der Waals surface area contributed by atoms with Crippen molar-refractivity contribution in [2.75, 3.05) is 0 Å². The van der Waals surface area contributed by atoms with Crippen molar-refractivity contribution in [1.29, 1.82) is 0 Å². The Morgan fingerprint density at radius 3 is 2.92 bits per heavy atom. The molecule has 1 aromatic rings. The summed E-state index contributed by atoms with van der Waals surface area (Å²) in [6.45, 7) is 0. The van der Waals surface area contributed by atoms with Crippen molar-refractivity contribution in [3.05, 3.63) is 22.1 Å². The van der Waals surface area contributed by atoms with E-state index in [-0.39, 0.29) is 11.1 Å². The van der Waals surface area contributed by atoms with Crippen LogP contribution in [0.5, 0.6) is 0 Å². The summed E-state index contributed by atoms with van der Waals surface area (Å²) in [5.74, 6) is 0. The Morgan fingerprint density at radius 1 is 1.58 bits per heavy atom. The van der Waals surface area contributed by atoms with Gasteiger partial charge in [-0.25, -0.2) is 4.99 Å². The molecule has 2 N–H and O–H groups in total. The first kappa shape index (κ1) is 7.23. The van der Waals surface area contributed by atoms with E-state index in [1.165, 1.54) is 12.5 Å². The summed E-state index contributed by atoms with van der Waals surface area (Å²) in [5, 5.41) is 10.5. The van der Waals surface area contributed by atoms with Gasteiger partial charge in [0.2, 0.25) is 0 Å². The van der Waals surface area contributed by atoms with E-state index in [0.717, 1.165) is 0 Å². The van der Waals surface area contributed by atoms with E-state index in [0.29, 0.717) is 0 Å². The number of alkyl halides is 1. The summed E-state index contributed by atoms with van der Waals surface area (Å²) in [6, 6.07) is 0. The van der Waals surface area contributed by atoms with E-state index < -0.39 is 5.12 Å². The average Bonchev–Trinajstić information content (AvgIpc) is 2.59. The Labute approximate surface area is 71.4 Å². The number of H-pyrrole nitrogens is 2. The molecule has 0 bridgehead atoms. The molecule has 0 saturated heterocycles. The van der Waals surface area contributed by atoms with Gasteiger partial charge < -0.3 is 5.10 Å². The third-order valence-corrected chi connectivity index (χ3v) is 1.84. The van der Waals surface area contributed by atoms with Gasteiger partial charge >= 0.3 is 0 Å². The summed E-state index contributed by atoms with van der Waals surface area (Å²) in [5.41, 5.74) is -0.107. The Morgan fingerprint density at radius 2 is 2.42 bits per heavy atom. The first-order valence-electron chi connectivity index (χ1n) is 3.13. The SMILES string of the molecule is O=c1[nH][nH]cc1C1(Cl)N=CN=N1. The minimum Gasteiger partial charge on any atom is -0.305 e. The Kier molecular flexibility index (Phi) is 1.37. The number of rotatable bonds is 1. The Bertz CT molecular complexity index is 390. The molecule has 0 spiro atoms. The molecule has 2 heterocycles. The van der Waals surface area contributed by atoms with Crippen LogP contribution < -0.4 is 5.56 Å². The number of halogens is 1. The van der Waals surface area contributed by atoms with Crippen molar-refractivity contribution in [2.24, 2.45) is 15.2 Å². The fourth-order valence-electron chi connectivity index (χ4n) is 0.897. The highest BCUT2D eigenvalue weighted by Gasteiger charge is 2.34. The maximum absolute atomic E-state index is 11.1. The zero-order valence-corrected chi connectivity index (χ0v) is 6.54. The molecule has 2 rings (SSSR count). The summed E-state index contributed by atoms with van der Waals surface area (Å²) < 4.78 is 0. The Balaban J connectivity index is 2.56. The van der Waals surface area contributed by atoms with Crippen molar-refractivity contribution in [1.82, 2.24) is 10.2 Å². The molecule has 0 radical (unpaired) electrons. The molecule has 62 valence electrons. The van der Waals surface area contributed by atoms with Gasteiger partial charge in [-0.3, -0.25) is 9.89 Å². The van der Waals surface area contributed by atoms with Crippen LogP contribution in [-0.4, -0.2) is 16.5 Å². The number of azo groups is 1. The number of nitrogens with zero attached hydrogens (tertiary/aromatic N) is 3. The van der Waals surface area contributed by atoms with Crippen LogP contribution in [0.2, 0.25) is 0 Å². The van der Waals surface area contributed by atoms with Gasteiger partial charge in [0, 0.05) is 6.20 Å². The second-order valence-corrected chi connectivity index (χ2v) is 2.73. The average molecular weight is 186 g/mol. The van der Waals surface area contributed by atoms with Crippen LogP contribution in [0.25, 0.3) is 0 Å². The number of nitrogens with one attached hydrogen (secondary N) is 2. The molecule has 6 nitrogen and oxygen atoms in total. The number of hydrogen-bond donors (Lipinski definition) is 2. The molecule has 0 aliphatic carbocycles. The lowest BCUT2D eigenvalue weighted by molar-refractivity contribution is 0.676. The van der Waals surface area contributed by atoms with Gasteiger partial charge in [-0.2, -0.15) is 0 Å². The van der Waals surface area contributed by atoms with E-state index in [4.69, 9.17) is 11.6 Å². The molecular weight excluding hydrogens is 182 g/mol. The number of aromatic amines is 2. The van der Waals surface area contributed by atoms with E-state index in [9.17, 15) is 4.79 Å². The minimum absolute atomic E-state index is 0.238. The van der Waals surface area contributed by atoms with Gasteiger partial charge in [0.25, 0.3) is 10.7 Å². The van der Waals surface area contributed by atoms with Crippen molar-refractivity contribution in [3.63, 3.8) is 0 Å². The smallest absolute Gasteiger partial charge is 0.279 e. The first-order valence-corrected chi connectivity index (χ1v) is 3.51. The quantitative estimate of drug-likeness (QED) is 0.486. The zero-order chi connectivity index (χ0) is 8.60. The molecule has 0 fully saturated rings. The lowest BCUT2D eigenvalue weighted by atomic mass is 10.3. The van der Waals surface area contributed by atoms with Crippen LogP contribution >= 0.6 is 11.6 Å². The van der Waals surface area contributed by atoms with Crippen LogP contribution in [0.15, 0.2) is 26.2 Å². The molecule has 1 atom stereocenters. The van der Waals surface area contributed by atoms with E-state index in [1.54, 1.807) is 0 Å². The van der Waals surface area contributed by atoms with E-state index in [1.807, 2.05) is 0 Å². The largest absolute Gasteiger partial charge is 0.305 e. The first-order chi connectivity index (χ1) is 5.72. The molecule has 7 heteroatoms. The van der Waals surface area contributed by atoms with Crippen LogP contribution in [0.3, 0.4) is 0 Å². The van der Waals surface area contributed by atoms with Crippen molar-refractivity contribution in [2.45, 2.75) is 5.12 Å². The van der Waals surface area contributed by atoms with E-state index in [2.05, 4.69) is 25.4 Å². The second-order valence-electron chi connectivity index (χ2n) is 2.20. The molecule has 1 aromatic heterocycles. The molecule has 1 aliphatic rings. The van der Waals surface area contributed by atoms with Gasteiger partial charge in [0.1, 0.15) is 11.9 Å². The molecule has 0 aromatic carbocycles. The lowest BCUT2D eigenvalue weighted by Crippen LogP contribution is -2.18. The molecule has 0 amide bonds. The third-order valence-electron chi connectivity index (χ3n) is 1.46. The number of hydrogen-bond acceptors (Lipinski definition) is 4. The van der Waals surface area contributed by atoms with Gasteiger partial charge in [0.15, 0.2) is 0 Å². The van der Waals surface area contributed by atoms with Gasteiger partial charge in [0.05, 0.1) is 0 Å². The fraction of sp³-hybridized carbons (Fsp3) is 0.200. The molecule has 1 unspecified atom stereocenters. The monoisotopic (exact) mass is 185 g/mol. The van der Waals surface area contributed by atoms with Crippen LogP contribution in [0.4, 0.5) is 0 Å². The number of aliphatic imine (C=N–C) groups is 1. The summed E-state index contributed by atoms with van der Waals surface area (Å²) in [4.78, 5) is 14.8. The molecule has 12 heavy (non-hydrogen) atoms. The highest BCUT2D eigenvalue weighted by atomic mass is 35.5. The predicted molar refractivity (Wildman–Crippen MR) is 42.3 cm³/mol. The maximum Gasteiger partial charge on any atom is 0.279 e. The summed E-state index contributed by atoms with van der Waals surface area (Å²) in [6.07, 6.45) is 2.62. The van der Waals surface area contributed by atoms with Crippen molar-refractivity contribution in [3.8, 4) is 0 Å².